The summed E-state index contributed by atoms with van der Waals surface area (Å²) in [5, 5.41) is 25.0. The molecule has 1 aliphatic rings. The quantitative estimate of drug-likeness (QED) is 0.302. The Morgan fingerprint density at radius 2 is 1.95 bits per heavy atom. The molecule has 1 aromatic heterocycles. The molecule has 5 atom stereocenters. The average molecular weight is 568 g/mol. The van der Waals surface area contributed by atoms with E-state index in [-0.39, 0.29) is 41.3 Å². The zero-order valence-electron chi connectivity index (χ0n) is 24.3. The Balaban J connectivity index is 2.11. The number of phenolic OH excluding ortho intramolecular Hbond substituents is 1. The van der Waals surface area contributed by atoms with Crippen LogP contribution >= 0.6 is 0 Å². The number of aromatic nitrogens is 1. The molecule has 5 N–H and O–H groups in total. The zero-order valence-corrected chi connectivity index (χ0v) is 24.3. The number of nitrogens with one attached hydrogen (secondary N) is 1. The number of allylic oxidation sites excluding steroid dienone is 3. The summed E-state index contributed by atoms with van der Waals surface area (Å²) < 4.78 is 12.3. The van der Waals surface area contributed by atoms with Crippen LogP contribution in [-0.2, 0) is 22.5 Å². The molecule has 10 nitrogen and oxygen atoms in total. The number of aliphatic hydroxyl groups is 1. The standard InChI is InChI=1S/C31H41N3O7/c1-7-13-34-26-22-14-17(2)11-12-24(35)20(5)15-21(6)28(41-30(32)38)18(3)9-8-10-19(4)29(37)33-23(27(22)36)16-25(26)40-31(34)39/h7-10,15-18,20,24,28,35-36H,1,11-14H2,2-6H3,(H2,32,38)(H,33,37). The van der Waals surface area contributed by atoms with Gasteiger partial charge in [-0.2, -0.15) is 0 Å². The van der Waals surface area contributed by atoms with Crippen LogP contribution in [0, 0.1) is 17.8 Å². The van der Waals surface area contributed by atoms with Gasteiger partial charge in [0, 0.05) is 35.6 Å². The van der Waals surface area contributed by atoms with Crippen LogP contribution in [0.25, 0.3) is 11.1 Å². The van der Waals surface area contributed by atoms with E-state index in [1.54, 1.807) is 31.2 Å². The zero-order chi connectivity index (χ0) is 30.4. The SMILES string of the molecule is C=CCn1c(=O)oc2cc3c(O)c(c21)CC(C)CCC(O)C(C)C=C(C)C(OC(N)=O)C(C)C=CC=C(C)C(=O)N3. The molecule has 5 unspecified atom stereocenters. The maximum atomic E-state index is 13.0. The van der Waals surface area contributed by atoms with Gasteiger partial charge >= 0.3 is 11.8 Å². The third-order valence-electron chi connectivity index (χ3n) is 7.51. The van der Waals surface area contributed by atoms with E-state index in [0.29, 0.717) is 35.9 Å². The lowest BCUT2D eigenvalue weighted by molar-refractivity contribution is -0.112. The molecule has 10 heteroatoms. The number of hydrogen-bond acceptors (Lipinski definition) is 7. The second-order valence-corrected chi connectivity index (χ2v) is 11.0. The smallest absolute Gasteiger partial charge is 0.420 e. The first-order valence-corrected chi connectivity index (χ1v) is 13.8. The molecule has 2 aromatic rings. The van der Waals surface area contributed by atoms with Crippen LogP contribution in [0.3, 0.4) is 0 Å². The van der Waals surface area contributed by atoms with Gasteiger partial charge in [-0.05, 0) is 44.6 Å². The number of anilines is 1. The third-order valence-corrected chi connectivity index (χ3v) is 7.51. The number of rotatable bonds is 3. The predicted octanol–water partition coefficient (Wildman–Crippen LogP) is 4.94. The molecule has 2 bridgehead atoms. The van der Waals surface area contributed by atoms with Crippen molar-refractivity contribution in [3.05, 3.63) is 70.3 Å². The number of benzene rings is 1. The molecule has 41 heavy (non-hydrogen) atoms. The maximum absolute atomic E-state index is 13.0. The monoisotopic (exact) mass is 567 g/mol. The fourth-order valence-electron chi connectivity index (χ4n) is 5.19. The van der Waals surface area contributed by atoms with Gasteiger partial charge < -0.3 is 30.4 Å². The van der Waals surface area contributed by atoms with E-state index in [1.165, 1.54) is 10.6 Å². The molecular weight excluding hydrogens is 526 g/mol. The van der Waals surface area contributed by atoms with E-state index >= 15 is 0 Å². The number of phenols is 1. The van der Waals surface area contributed by atoms with E-state index in [0.717, 1.165) is 5.57 Å². The van der Waals surface area contributed by atoms with Crippen molar-refractivity contribution in [1.82, 2.24) is 4.57 Å². The number of fused-ring (bicyclic) bond motifs is 4. The molecule has 2 amide bonds. The van der Waals surface area contributed by atoms with Crippen molar-refractivity contribution in [3.8, 4) is 5.75 Å². The molecule has 1 aromatic carbocycles. The molecule has 3 rings (SSSR count). The van der Waals surface area contributed by atoms with E-state index in [9.17, 15) is 24.6 Å². The number of aliphatic hydroxyl groups excluding tert-OH is 1. The molecule has 1 aliphatic heterocycles. The molecule has 0 spiro atoms. The van der Waals surface area contributed by atoms with Crippen molar-refractivity contribution in [2.24, 2.45) is 23.5 Å². The van der Waals surface area contributed by atoms with E-state index < -0.39 is 30.0 Å². The van der Waals surface area contributed by atoms with Crippen molar-refractivity contribution < 1.29 is 29.0 Å². The number of nitrogens with zero attached hydrogens (tertiary/aromatic N) is 1. The van der Waals surface area contributed by atoms with Crippen LogP contribution in [0.5, 0.6) is 5.75 Å². The minimum absolute atomic E-state index is 0.0111. The van der Waals surface area contributed by atoms with Crippen LogP contribution in [0.15, 0.2) is 63.4 Å². The number of aromatic hydroxyl groups is 1. The second-order valence-electron chi connectivity index (χ2n) is 11.0. The van der Waals surface area contributed by atoms with Gasteiger partial charge in [-0.3, -0.25) is 9.36 Å². The van der Waals surface area contributed by atoms with E-state index in [2.05, 4.69) is 11.9 Å². The molecule has 222 valence electrons. The second kappa shape index (κ2) is 13.5. The fourth-order valence-corrected chi connectivity index (χ4v) is 5.19. The van der Waals surface area contributed by atoms with Crippen LogP contribution in [0.2, 0.25) is 0 Å². The van der Waals surface area contributed by atoms with Gasteiger partial charge in [0.05, 0.1) is 17.3 Å². The normalized spacial score (nSPS) is 24.8. The number of hydrogen-bond donors (Lipinski definition) is 4. The summed E-state index contributed by atoms with van der Waals surface area (Å²) in [5.41, 5.74) is 7.71. The predicted molar refractivity (Wildman–Crippen MR) is 159 cm³/mol. The summed E-state index contributed by atoms with van der Waals surface area (Å²) >= 11 is 0. The number of carbonyl (C=O) groups excluding carboxylic acids is 2. The summed E-state index contributed by atoms with van der Waals surface area (Å²) in [6.45, 7) is 13.1. The van der Waals surface area contributed by atoms with Crippen LogP contribution in [0.4, 0.5) is 10.5 Å². The number of oxazole rings is 1. The van der Waals surface area contributed by atoms with E-state index in [4.69, 9.17) is 14.9 Å². The maximum Gasteiger partial charge on any atom is 0.420 e. The molecule has 0 aliphatic carbocycles. The van der Waals surface area contributed by atoms with E-state index in [1.807, 2.05) is 33.8 Å². The summed E-state index contributed by atoms with van der Waals surface area (Å²) in [6, 6.07) is 1.44. The lowest BCUT2D eigenvalue weighted by Crippen LogP contribution is -2.29. The number of amides is 2. The first-order valence-electron chi connectivity index (χ1n) is 13.8. The summed E-state index contributed by atoms with van der Waals surface area (Å²) in [5.74, 6) is -1.73. The van der Waals surface area contributed by atoms with Gasteiger partial charge in [0.25, 0.3) is 5.91 Å². The Bertz CT molecular complexity index is 1450. The van der Waals surface area contributed by atoms with Gasteiger partial charge in [0.2, 0.25) is 0 Å². The largest absolute Gasteiger partial charge is 0.505 e. The molecule has 0 saturated carbocycles. The molecule has 0 radical (unpaired) electrons. The number of primary amides is 1. The number of ether oxygens (including phenoxy) is 1. The van der Waals surface area contributed by atoms with Crippen molar-refractivity contribution in [1.29, 1.82) is 0 Å². The van der Waals surface area contributed by atoms with Crippen LogP contribution < -0.4 is 16.8 Å². The molecular formula is C31H41N3O7. The van der Waals surface area contributed by atoms with Crippen molar-refractivity contribution in [3.63, 3.8) is 0 Å². The van der Waals surface area contributed by atoms with Gasteiger partial charge in [-0.15, -0.1) is 6.58 Å². The highest BCUT2D eigenvalue weighted by atomic mass is 16.6. The van der Waals surface area contributed by atoms with Gasteiger partial charge in [0.15, 0.2) is 5.58 Å². The fraction of sp³-hybridized carbons (Fsp3) is 0.452. The van der Waals surface area contributed by atoms with Crippen molar-refractivity contribution in [2.45, 2.75) is 72.6 Å². The molecule has 0 fully saturated rings. The lowest BCUT2D eigenvalue weighted by atomic mass is 9.89. The Hall–Kier alpha value is -4.05. The summed E-state index contributed by atoms with van der Waals surface area (Å²) in [4.78, 5) is 37.3. The minimum Gasteiger partial charge on any atom is -0.505 e. The first-order chi connectivity index (χ1) is 19.3. The van der Waals surface area contributed by atoms with Crippen LogP contribution in [-0.4, -0.2) is 39.0 Å². The molecule has 0 saturated heterocycles. The average Bonchev–Trinajstić information content (AvgIpc) is 3.21. The highest BCUT2D eigenvalue weighted by Gasteiger charge is 2.25. The van der Waals surface area contributed by atoms with Gasteiger partial charge in [-0.25, -0.2) is 9.59 Å². The minimum atomic E-state index is -0.902. The summed E-state index contributed by atoms with van der Waals surface area (Å²) in [7, 11) is 0. The highest BCUT2D eigenvalue weighted by Crippen LogP contribution is 2.37. The number of carbonyl (C=O) groups is 2. The highest BCUT2D eigenvalue weighted by molar-refractivity contribution is 6.05. The van der Waals surface area contributed by atoms with Gasteiger partial charge in [-0.1, -0.05) is 51.2 Å². The first kappa shape index (κ1) is 31.5. The number of nitrogens with two attached hydrogens (primary N) is 1. The molecule has 2 heterocycles. The topological polar surface area (TPSA) is 157 Å². The van der Waals surface area contributed by atoms with Crippen molar-refractivity contribution in [2.75, 3.05) is 5.32 Å². The Kier molecular flexibility index (Phi) is 10.4. The lowest BCUT2D eigenvalue weighted by Gasteiger charge is -2.24. The Morgan fingerprint density at radius 1 is 1.24 bits per heavy atom. The van der Waals surface area contributed by atoms with Crippen LogP contribution in [0.1, 0.15) is 53.0 Å². The Labute approximate surface area is 239 Å². The summed E-state index contributed by atoms with van der Waals surface area (Å²) in [6.07, 6.45) is 7.74. The Morgan fingerprint density at radius 3 is 2.61 bits per heavy atom. The third kappa shape index (κ3) is 7.58. The van der Waals surface area contributed by atoms with Crippen molar-refractivity contribution >= 4 is 28.8 Å². The van der Waals surface area contributed by atoms with Gasteiger partial charge in [0.1, 0.15) is 11.9 Å².